The number of methoxy groups -OCH3 is 1. The Balaban J connectivity index is 3.36. The number of aliphatic carboxylic acids is 1. The maximum Gasteiger partial charge on any atom is 0.312 e. The van der Waals surface area contributed by atoms with Gasteiger partial charge < -0.3 is 15.6 Å². The summed E-state index contributed by atoms with van der Waals surface area (Å²) < 4.78 is 32.1. The van der Waals surface area contributed by atoms with Crippen LogP contribution in [0.25, 0.3) is 0 Å². The highest BCUT2D eigenvalue weighted by molar-refractivity contribution is 6.31. The van der Waals surface area contributed by atoms with E-state index in [9.17, 15) is 13.6 Å². The zero-order chi connectivity index (χ0) is 13.9. The Bertz CT molecular complexity index is 468. The molecule has 0 saturated carbocycles. The van der Waals surface area contributed by atoms with E-state index in [0.29, 0.717) is 0 Å². The Labute approximate surface area is 107 Å². The summed E-state index contributed by atoms with van der Waals surface area (Å²) in [6, 6.07) is 1.07. The summed E-state index contributed by atoms with van der Waals surface area (Å²) in [5.41, 5.74) is 4.71. The molecule has 0 heterocycles. The SMILES string of the molecule is COCc1c(Cl)cc(C(CN)C(=O)O)c(F)c1F. The van der Waals surface area contributed by atoms with Crippen LogP contribution < -0.4 is 5.73 Å². The number of halogens is 3. The van der Waals surface area contributed by atoms with E-state index >= 15 is 0 Å². The molecular formula is C11H12ClF2NO3. The molecule has 0 aliphatic rings. The average Bonchev–Trinajstić information content (AvgIpc) is 2.31. The minimum atomic E-state index is -1.34. The molecule has 0 radical (unpaired) electrons. The van der Waals surface area contributed by atoms with Gasteiger partial charge in [-0.3, -0.25) is 4.79 Å². The average molecular weight is 280 g/mol. The molecule has 7 heteroatoms. The highest BCUT2D eigenvalue weighted by Gasteiger charge is 2.26. The third kappa shape index (κ3) is 2.77. The maximum absolute atomic E-state index is 13.8. The number of rotatable bonds is 5. The fourth-order valence-electron chi connectivity index (χ4n) is 1.54. The van der Waals surface area contributed by atoms with E-state index in [0.717, 1.165) is 6.07 Å². The third-order valence-corrected chi connectivity index (χ3v) is 2.82. The van der Waals surface area contributed by atoms with Gasteiger partial charge in [0.15, 0.2) is 11.6 Å². The van der Waals surface area contributed by atoms with Crippen molar-refractivity contribution in [1.82, 2.24) is 0 Å². The van der Waals surface area contributed by atoms with Crippen LogP contribution in [0.15, 0.2) is 6.07 Å². The predicted octanol–water partition coefficient (Wildman–Crippen LogP) is 1.89. The minimum Gasteiger partial charge on any atom is -0.481 e. The lowest BCUT2D eigenvalue weighted by molar-refractivity contribution is -0.138. The number of carbonyl (C=O) groups is 1. The van der Waals surface area contributed by atoms with Crippen molar-refractivity contribution in [3.05, 3.63) is 33.9 Å². The molecule has 1 aromatic rings. The van der Waals surface area contributed by atoms with E-state index < -0.39 is 23.5 Å². The summed E-state index contributed by atoms with van der Waals surface area (Å²) in [5.74, 6) is -5.15. The van der Waals surface area contributed by atoms with Crippen LogP contribution in [0.1, 0.15) is 17.0 Å². The maximum atomic E-state index is 13.8. The first kappa shape index (κ1) is 14.8. The molecule has 3 N–H and O–H groups in total. The molecule has 0 spiro atoms. The normalized spacial score (nSPS) is 12.5. The summed E-state index contributed by atoms with van der Waals surface area (Å²) in [5, 5.41) is 8.78. The minimum absolute atomic E-state index is 0.0922. The zero-order valence-corrected chi connectivity index (χ0v) is 10.3. The highest BCUT2D eigenvalue weighted by Crippen LogP contribution is 2.29. The van der Waals surface area contributed by atoms with E-state index in [2.05, 4.69) is 4.74 Å². The molecule has 1 aromatic carbocycles. The molecular weight excluding hydrogens is 268 g/mol. The molecule has 18 heavy (non-hydrogen) atoms. The van der Waals surface area contributed by atoms with Gasteiger partial charge in [0.1, 0.15) is 0 Å². The van der Waals surface area contributed by atoms with Gasteiger partial charge >= 0.3 is 5.97 Å². The van der Waals surface area contributed by atoms with Crippen molar-refractivity contribution in [3.63, 3.8) is 0 Å². The van der Waals surface area contributed by atoms with E-state index in [4.69, 9.17) is 22.4 Å². The van der Waals surface area contributed by atoms with Gasteiger partial charge in [-0.15, -0.1) is 0 Å². The van der Waals surface area contributed by atoms with Crippen molar-refractivity contribution in [2.45, 2.75) is 12.5 Å². The molecule has 1 unspecified atom stereocenters. The Morgan fingerprint density at radius 3 is 2.61 bits per heavy atom. The summed E-state index contributed by atoms with van der Waals surface area (Å²) in [6.45, 7) is -0.562. The lowest BCUT2D eigenvalue weighted by atomic mass is 9.97. The first-order valence-corrected chi connectivity index (χ1v) is 5.39. The Morgan fingerprint density at radius 2 is 2.17 bits per heavy atom. The van der Waals surface area contributed by atoms with E-state index in [1.165, 1.54) is 7.11 Å². The molecule has 4 nitrogen and oxygen atoms in total. The quantitative estimate of drug-likeness (QED) is 0.808. The van der Waals surface area contributed by atoms with Gasteiger partial charge in [-0.2, -0.15) is 0 Å². The van der Waals surface area contributed by atoms with Gasteiger partial charge in [-0.1, -0.05) is 11.6 Å². The second-order valence-corrected chi connectivity index (χ2v) is 4.02. The van der Waals surface area contributed by atoms with Crippen LogP contribution in [0.2, 0.25) is 5.02 Å². The summed E-state index contributed by atoms with van der Waals surface area (Å²) in [6.07, 6.45) is 0. The molecule has 0 aliphatic carbocycles. The lowest BCUT2D eigenvalue weighted by Gasteiger charge is -2.14. The van der Waals surface area contributed by atoms with Gasteiger partial charge in [-0.25, -0.2) is 8.78 Å². The van der Waals surface area contributed by atoms with Crippen LogP contribution in [0, 0.1) is 11.6 Å². The fourth-order valence-corrected chi connectivity index (χ4v) is 1.80. The highest BCUT2D eigenvalue weighted by atomic mass is 35.5. The van der Waals surface area contributed by atoms with Crippen molar-refractivity contribution >= 4 is 17.6 Å². The van der Waals surface area contributed by atoms with Crippen molar-refractivity contribution in [2.24, 2.45) is 5.73 Å². The van der Waals surface area contributed by atoms with Crippen molar-refractivity contribution in [3.8, 4) is 0 Å². The number of carboxylic acid groups (broad SMARTS) is 1. The number of hydrogen-bond donors (Lipinski definition) is 2. The van der Waals surface area contributed by atoms with Gasteiger partial charge in [0.2, 0.25) is 0 Å². The Morgan fingerprint density at radius 1 is 1.56 bits per heavy atom. The van der Waals surface area contributed by atoms with Crippen LogP contribution in [-0.2, 0) is 16.1 Å². The molecule has 1 rings (SSSR count). The van der Waals surface area contributed by atoms with Crippen molar-refractivity contribution < 1.29 is 23.4 Å². The molecule has 100 valence electrons. The second kappa shape index (κ2) is 6.08. The zero-order valence-electron chi connectivity index (χ0n) is 9.54. The topological polar surface area (TPSA) is 72.5 Å². The first-order valence-electron chi connectivity index (χ1n) is 5.02. The summed E-state index contributed by atoms with van der Waals surface area (Å²) in [7, 11) is 1.31. The molecule has 0 saturated heterocycles. The van der Waals surface area contributed by atoms with E-state index in [-0.39, 0.29) is 29.3 Å². The molecule has 0 fully saturated rings. The molecule has 0 bridgehead atoms. The standard InChI is InChI=1S/C11H12ClF2NO3/c1-18-4-7-8(12)2-5(9(13)10(7)14)6(3-15)11(16)17/h2,6H,3-4,15H2,1H3,(H,16,17). The number of carboxylic acids is 1. The van der Waals surface area contributed by atoms with Crippen LogP contribution >= 0.6 is 11.6 Å². The van der Waals surface area contributed by atoms with E-state index in [1.54, 1.807) is 0 Å². The second-order valence-electron chi connectivity index (χ2n) is 3.61. The Hall–Kier alpha value is -1.24. The lowest BCUT2D eigenvalue weighted by Crippen LogP contribution is -2.23. The third-order valence-electron chi connectivity index (χ3n) is 2.48. The molecule has 0 aromatic heterocycles. The number of nitrogens with two attached hydrogens (primary N) is 1. The molecule has 1 atom stereocenters. The molecule has 0 amide bonds. The van der Waals surface area contributed by atoms with Crippen LogP contribution in [0.5, 0.6) is 0 Å². The fraction of sp³-hybridized carbons (Fsp3) is 0.364. The number of hydrogen-bond acceptors (Lipinski definition) is 3. The van der Waals surface area contributed by atoms with Gasteiger partial charge in [0, 0.05) is 29.8 Å². The predicted molar refractivity (Wildman–Crippen MR) is 61.5 cm³/mol. The largest absolute Gasteiger partial charge is 0.481 e. The number of ether oxygens (including phenoxy) is 1. The summed E-state index contributed by atoms with van der Waals surface area (Å²) >= 11 is 5.77. The molecule has 0 aliphatic heterocycles. The first-order chi connectivity index (χ1) is 8.43. The smallest absolute Gasteiger partial charge is 0.312 e. The van der Waals surface area contributed by atoms with Gasteiger partial charge in [0.25, 0.3) is 0 Å². The van der Waals surface area contributed by atoms with Crippen LogP contribution in [0.4, 0.5) is 8.78 Å². The van der Waals surface area contributed by atoms with Crippen LogP contribution in [0.3, 0.4) is 0 Å². The van der Waals surface area contributed by atoms with Crippen molar-refractivity contribution in [2.75, 3.05) is 13.7 Å². The van der Waals surface area contributed by atoms with Crippen LogP contribution in [-0.4, -0.2) is 24.7 Å². The van der Waals surface area contributed by atoms with E-state index in [1.807, 2.05) is 0 Å². The van der Waals surface area contributed by atoms with Crippen molar-refractivity contribution in [1.29, 1.82) is 0 Å². The number of benzene rings is 1. The Kier molecular flexibility index (Phi) is 5.01. The van der Waals surface area contributed by atoms with Gasteiger partial charge in [0.05, 0.1) is 12.5 Å². The summed E-state index contributed by atoms with van der Waals surface area (Å²) in [4.78, 5) is 10.9. The monoisotopic (exact) mass is 279 g/mol. The van der Waals surface area contributed by atoms with Gasteiger partial charge in [-0.05, 0) is 6.07 Å².